The van der Waals surface area contributed by atoms with Crippen molar-refractivity contribution < 1.29 is 8.78 Å². The molecule has 1 nitrogen and oxygen atoms in total. The van der Waals surface area contributed by atoms with Gasteiger partial charge in [0.1, 0.15) is 0 Å². The molecule has 0 fully saturated rings. The van der Waals surface area contributed by atoms with E-state index in [1.165, 1.54) is 6.07 Å². The zero-order valence-electron chi connectivity index (χ0n) is 8.80. The summed E-state index contributed by atoms with van der Waals surface area (Å²) in [5.41, 5.74) is 7.96. The molecule has 0 heterocycles. The summed E-state index contributed by atoms with van der Waals surface area (Å²) in [7, 11) is 0. The summed E-state index contributed by atoms with van der Waals surface area (Å²) in [5.74, 6) is -1.66. The van der Waals surface area contributed by atoms with E-state index >= 15 is 0 Å². The lowest BCUT2D eigenvalue weighted by Crippen LogP contribution is -1.93. The second-order valence-electron chi connectivity index (χ2n) is 3.68. The van der Waals surface area contributed by atoms with Gasteiger partial charge in [0.15, 0.2) is 11.6 Å². The summed E-state index contributed by atoms with van der Waals surface area (Å²) in [6.07, 6.45) is 0. The normalized spacial score (nSPS) is 10.4. The van der Waals surface area contributed by atoms with Crippen molar-refractivity contribution in [3.63, 3.8) is 0 Å². The Balaban J connectivity index is 2.63. The fourth-order valence-electron chi connectivity index (χ4n) is 1.70. The lowest BCUT2D eigenvalue weighted by atomic mass is 9.99. The van der Waals surface area contributed by atoms with Gasteiger partial charge >= 0.3 is 0 Å². The molecule has 3 heteroatoms. The largest absolute Gasteiger partial charge is 0.399 e. The zero-order chi connectivity index (χ0) is 11.7. The standard InChI is InChI=1S/C13H11F2N/c1-8-7-9(16)5-6-10(8)11-3-2-4-12(14)13(11)15/h2-7H,16H2,1H3. The molecule has 2 aromatic carbocycles. The van der Waals surface area contributed by atoms with Crippen molar-refractivity contribution in [3.05, 3.63) is 53.6 Å². The zero-order valence-corrected chi connectivity index (χ0v) is 8.80. The fraction of sp³-hybridized carbons (Fsp3) is 0.0769. The van der Waals surface area contributed by atoms with Crippen LogP contribution in [0, 0.1) is 18.6 Å². The van der Waals surface area contributed by atoms with E-state index in [4.69, 9.17) is 5.73 Å². The van der Waals surface area contributed by atoms with E-state index in [2.05, 4.69) is 0 Å². The van der Waals surface area contributed by atoms with Crippen LogP contribution in [0.1, 0.15) is 5.56 Å². The van der Waals surface area contributed by atoms with Crippen LogP contribution in [-0.2, 0) is 0 Å². The monoisotopic (exact) mass is 219 g/mol. The van der Waals surface area contributed by atoms with Gasteiger partial charge in [0.05, 0.1) is 0 Å². The number of hydrogen-bond acceptors (Lipinski definition) is 1. The van der Waals surface area contributed by atoms with Crippen molar-refractivity contribution >= 4 is 5.69 Å². The molecule has 0 saturated heterocycles. The molecule has 0 saturated carbocycles. The van der Waals surface area contributed by atoms with Gasteiger partial charge in [-0.1, -0.05) is 18.2 Å². The van der Waals surface area contributed by atoms with E-state index < -0.39 is 11.6 Å². The van der Waals surface area contributed by atoms with Crippen molar-refractivity contribution in [1.82, 2.24) is 0 Å². The van der Waals surface area contributed by atoms with Crippen LogP contribution in [0.2, 0.25) is 0 Å². The summed E-state index contributed by atoms with van der Waals surface area (Å²) in [6.45, 7) is 1.82. The molecule has 2 aromatic rings. The number of hydrogen-bond donors (Lipinski definition) is 1. The highest BCUT2D eigenvalue weighted by atomic mass is 19.2. The van der Waals surface area contributed by atoms with Crippen molar-refractivity contribution in [3.8, 4) is 11.1 Å². The third kappa shape index (κ3) is 1.76. The van der Waals surface area contributed by atoms with E-state index in [9.17, 15) is 8.78 Å². The number of nitrogen functional groups attached to an aromatic ring is 1. The number of anilines is 1. The molecule has 0 aromatic heterocycles. The topological polar surface area (TPSA) is 26.0 Å². The Hall–Kier alpha value is -1.90. The summed E-state index contributed by atoms with van der Waals surface area (Å²) < 4.78 is 26.6. The summed E-state index contributed by atoms with van der Waals surface area (Å²) >= 11 is 0. The quantitative estimate of drug-likeness (QED) is 0.729. The van der Waals surface area contributed by atoms with Crippen LogP contribution in [0.25, 0.3) is 11.1 Å². The Kier molecular flexibility index (Phi) is 2.60. The average Bonchev–Trinajstić information content (AvgIpc) is 2.23. The predicted molar refractivity (Wildman–Crippen MR) is 60.9 cm³/mol. The van der Waals surface area contributed by atoms with Crippen molar-refractivity contribution in [2.24, 2.45) is 0 Å². The highest BCUT2D eigenvalue weighted by Crippen LogP contribution is 2.28. The average molecular weight is 219 g/mol. The van der Waals surface area contributed by atoms with E-state index in [-0.39, 0.29) is 5.56 Å². The van der Waals surface area contributed by atoms with Crippen LogP contribution < -0.4 is 5.73 Å². The third-order valence-corrected chi connectivity index (χ3v) is 2.49. The fourth-order valence-corrected chi connectivity index (χ4v) is 1.70. The molecule has 0 atom stereocenters. The molecule has 0 amide bonds. The molecule has 16 heavy (non-hydrogen) atoms. The third-order valence-electron chi connectivity index (χ3n) is 2.49. The summed E-state index contributed by atoms with van der Waals surface area (Å²) in [5, 5.41) is 0. The maximum atomic E-state index is 13.6. The highest BCUT2D eigenvalue weighted by Gasteiger charge is 2.11. The van der Waals surface area contributed by atoms with Gasteiger partial charge in [-0.05, 0) is 36.2 Å². The number of rotatable bonds is 1. The minimum absolute atomic E-state index is 0.262. The van der Waals surface area contributed by atoms with Crippen LogP contribution >= 0.6 is 0 Å². The number of benzene rings is 2. The van der Waals surface area contributed by atoms with Gasteiger partial charge in [-0.15, -0.1) is 0 Å². The SMILES string of the molecule is Cc1cc(N)ccc1-c1cccc(F)c1F. The van der Waals surface area contributed by atoms with Crippen LogP contribution in [0.3, 0.4) is 0 Å². The first kappa shape index (κ1) is 10.6. The number of halogens is 2. The maximum absolute atomic E-state index is 13.6. The first-order valence-electron chi connectivity index (χ1n) is 4.90. The Labute approximate surface area is 92.5 Å². The molecule has 0 unspecified atom stereocenters. The van der Waals surface area contributed by atoms with E-state index in [1.54, 1.807) is 24.3 Å². The molecule has 0 aliphatic heterocycles. The first-order chi connectivity index (χ1) is 7.59. The molecule has 0 bridgehead atoms. The Morgan fingerprint density at radius 1 is 1.00 bits per heavy atom. The Bertz CT molecular complexity index is 535. The lowest BCUT2D eigenvalue weighted by Gasteiger charge is -2.08. The minimum Gasteiger partial charge on any atom is -0.399 e. The Morgan fingerprint density at radius 3 is 2.44 bits per heavy atom. The second-order valence-corrected chi connectivity index (χ2v) is 3.68. The second kappa shape index (κ2) is 3.93. The van der Waals surface area contributed by atoms with E-state index in [0.29, 0.717) is 11.3 Å². The predicted octanol–water partition coefficient (Wildman–Crippen LogP) is 3.52. The maximum Gasteiger partial charge on any atom is 0.166 e. The molecule has 2 rings (SSSR count). The van der Waals surface area contributed by atoms with E-state index in [1.807, 2.05) is 6.92 Å². The molecular formula is C13H11F2N. The van der Waals surface area contributed by atoms with Gasteiger partial charge in [-0.3, -0.25) is 0 Å². The lowest BCUT2D eigenvalue weighted by molar-refractivity contribution is 0.511. The number of aryl methyl sites for hydroxylation is 1. The molecule has 82 valence electrons. The summed E-state index contributed by atoms with van der Waals surface area (Å²) in [4.78, 5) is 0. The molecule has 0 radical (unpaired) electrons. The van der Waals surface area contributed by atoms with Crippen LogP contribution in [0.5, 0.6) is 0 Å². The van der Waals surface area contributed by atoms with Gasteiger partial charge in [0.25, 0.3) is 0 Å². The van der Waals surface area contributed by atoms with E-state index in [0.717, 1.165) is 11.6 Å². The van der Waals surface area contributed by atoms with Crippen molar-refractivity contribution in [2.75, 3.05) is 5.73 Å². The van der Waals surface area contributed by atoms with Gasteiger partial charge in [0, 0.05) is 11.3 Å². The van der Waals surface area contributed by atoms with Crippen LogP contribution in [0.4, 0.5) is 14.5 Å². The smallest absolute Gasteiger partial charge is 0.166 e. The number of nitrogens with two attached hydrogens (primary N) is 1. The molecule has 0 aliphatic rings. The van der Waals surface area contributed by atoms with Crippen LogP contribution in [-0.4, -0.2) is 0 Å². The molecule has 0 spiro atoms. The van der Waals surface area contributed by atoms with Gasteiger partial charge in [-0.25, -0.2) is 8.78 Å². The van der Waals surface area contributed by atoms with Gasteiger partial charge < -0.3 is 5.73 Å². The van der Waals surface area contributed by atoms with Crippen molar-refractivity contribution in [1.29, 1.82) is 0 Å². The molecule has 2 N–H and O–H groups in total. The van der Waals surface area contributed by atoms with Gasteiger partial charge in [0.2, 0.25) is 0 Å². The Morgan fingerprint density at radius 2 is 1.75 bits per heavy atom. The molecular weight excluding hydrogens is 208 g/mol. The highest BCUT2D eigenvalue weighted by molar-refractivity contribution is 5.70. The van der Waals surface area contributed by atoms with Crippen LogP contribution in [0.15, 0.2) is 36.4 Å². The van der Waals surface area contributed by atoms with Gasteiger partial charge in [-0.2, -0.15) is 0 Å². The van der Waals surface area contributed by atoms with Crippen molar-refractivity contribution in [2.45, 2.75) is 6.92 Å². The first-order valence-corrected chi connectivity index (χ1v) is 4.90. The molecule has 0 aliphatic carbocycles. The minimum atomic E-state index is -0.839. The summed E-state index contributed by atoms with van der Waals surface area (Å²) in [6, 6.07) is 9.25.